The smallest absolute Gasteiger partial charge is 0.145 e. The van der Waals surface area contributed by atoms with E-state index in [0.29, 0.717) is 5.82 Å². The van der Waals surface area contributed by atoms with Gasteiger partial charge in [-0.3, -0.25) is 0 Å². The molecule has 1 aromatic heterocycles. The second-order valence-corrected chi connectivity index (χ2v) is 3.92. The van der Waals surface area contributed by atoms with Gasteiger partial charge < -0.3 is 15.5 Å². The lowest BCUT2D eigenvalue weighted by Crippen LogP contribution is -2.30. The van der Waals surface area contributed by atoms with Gasteiger partial charge in [-0.25, -0.2) is 15.8 Å². The van der Waals surface area contributed by atoms with E-state index in [0.717, 1.165) is 25.3 Å². The predicted molar refractivity (Wildman–Crippen MR) is 61.9 cm³/mol. The van der Waals surface area contributed by atoms with Crippen LogP contribution >= 0.6 is 0 Å². The number of hydrogen-bond acceptors (Lipinski definition) is 6. The van der Waals surface area contributed by atoms with E-state index in [4.69, 9.17) is 10.6 Å². The molecule has 2 atom stereocenters. The second-order valence-electron chi connectivity index (χ2n) is 3.92. The molecular weight excluding hydrogens is 206 g/mol. The molecule has 2 unspecified atom stereocenters. The maximum atomic E-state index is 5.60. The minimum atomic E-state index is 0.239. The number of aromatic nitrogens is 2. The van der Waals surface area contributed by atoms with Gasteiger partial charge in [0, 0.05) is 12.7 Å². The number of hydrazine groups is 1. The Morgan fingerprint density at radius 3 is 3.00 bits per heavy atom. The zero-order chi connectivity index (χ0) is 11.4. The van der Waals surface area contributed by atoms with Crippen molar-refractivity contribution in [3.63, 3.8) is 0 Å². The van der Waals surface area contributed by atoms with Gasteiger partial charge in [-0.2, -0.15) is 0 Å². The van der Waals surface area contributed by atoms with Crippen molar-refractivity contribution in [3.05, 3.63) is 12.4 Å². The fourth-order valence-electron chi connectivity index (χ4n) is 1.84. The topological polar surface area (TPSA) is 85.1 Å². The number of nitrogens with one attached hydrogen (secondary N) is 2. The summed E-state index contributed by atoms with van der Waals surface area (Å²) in [6.07, 6.45) is 3.97. The molecule has 88 valence electrons. The van der Waals surface area contributed by atoms with Crippen LogP contribution in [0.25, 0.3) is 0 Å². The van der Waals surface area contributed by atoms with Crippen LogP contribution in [-0.2, 0) is 4.74 Å². The molecule has 6 nitrogen and oxygen atoms in total. The largest absolute Gasteiger partial charge is 0.376 e. The van der Waals surface area contributed by atoms with Crippen LogP contribution < -0.4 is 16.6 Å². The van der Waals surface area contributed by atoms with Crippen molar-refractivity contribution in [2.45, 2.75) is 31.9 Å². The Labute approximate surface area is 94.6 Å². The molecule has 0 aromatic carbocycles. The van der Waals surface area contributed by atoms with Crippen LogP contribution in [0.15, 0.2) is 12.4 Å². The number of ether oxygens (including phenoxy) is 1. The van der Waals surface area contributed by atoms with Crippen LogP contribution in [0, 0.1) is 0 Å². The van der Waals surface area contributed by atoms with Gasteiger partial charge in [0.25, 0.3) is 0 Å². The number of nitrogens with two attached hydrogens (primary N) is 1. The summed E-state index contributed by atoms with van der Waals surface area (Å²) in [5, 5.41) is 3.29. The SMILES string of the molecule is CC(Nc1cc(NN)ncn1)C1CCCO1. The van der Waals surface area contributed by atoms with E-state index in [1.54, 1.807) is 6.07 Å². The van der Waals surface area contributed by atoms with Crippen molar-refractivity contribution < 1.29 is 4.74 Å². The molecule has 0 spiro atoms. The van der Waals surface area contributed by atoms with Crippen molar-refractivity contribution in [3.8, 4) is 0 Å². The molecule has 0 aliphatic carbocycles. The predicted octanol–water partition coefficient (Wildman–Crippen LogP) is 0.742. The molecule has 2 heterocycles. The van der Waals surface area contributed by atoms with E-state index in [-0.39, 0.29) is 12.1 Å². The van der Waals surface area contributed by atoms with Crippen LogP contribution in [0.2, 0.25) is 0 Å². The first-order valence-corrected chi connectivity index (χ1v) is 5.46. The van der Waals surface area contributed by atoms with E-state index < -0.39 is 0 Å². The van der Waals surface area contributed by atoms with Crippen molar-refractivity contribution in [1.29, 1.82) is 0 Å². The Hall–Kier alpha value is -1.40. The lowest BCUT2D eigenvalue weighted by atomic mass is 10.1. The first-order chi connectivity index (χ1) is 7.79. The Balaban J connectivity index is 1.96. The van der Waals surface area contributed by atoms with E-state index in [2.05, 4.69) is 27.6 Å². The summed E-state index contributed by atoms with van der Waals surface area (Å²) in [7, 11) is 0. The molecule has 0 bridgehead atoms. The molecule has 0 radical (unpaired) electrons. The first-order valence-electron chi connectivity index (χ1n) is 5.46. The Bertz CT molecular complexity index is 340. The van der Waals surface area contributed by atoms with Crippen LogP contribution in [0.4, 0.5) is 11.6 Å². The number of rotatable bonds is 4. The maximum Gasteiger partial charge on any atom is 0.145 e. The van der Waals surface area contributed by atoms with Gasteiger partial charge >= 0.3 is 0 Å². The van der Waals surface area contributed by atoms with Gasteiger partial charge in [0.15, 0.2) is 0 Å². The third-order valence-electron chi connectivity index (χ3n) is 2.71. The molecule has 1 aliphatic heterocycles. The number of hydrogen-bond donors (Lipinski definition) is 3. The van der Waals surface area contributed by atoms with Crippen LogP contribution in [0.1, 0.15) is 19.8 Å². The van der Waals surface area contributed by atoms with Gasteiger partial charge in [0.2, 0.25) is 0 Å². The monoisotopic (exact) mass is 223 g/mol. The number of nitrogen functional groups attached to an aromatic ring is 1. The highest BCUT2D eigenvalue weighted by Crippen LogP contribution is 2.18. The average Bonchev–Trinajstić information content (AvgIpc) is 2.83. The van der Waals surface area contributed by atoms with E-state index >= 15 is 0 Å². The summed E-state index contributed by atoms with van der Waals surface area (Å²) in [5.41, 5.74) is 2.49. The summed E-state index contributed by atoms with van der Waals surface area (Å²) in [6, 6.07) is 2.01. The molecule has 1 fully saturated rings. The first kappa shape index (κ1) is 11.1. The van der Waals surface area contributed by atoms with Gasteiger partial charge in [-0.15, -0.1) is 0 Å². The second kappa shape index (κ2) is 5.09. The molecule has 1 aromatic rings. The Morgan fingerprint density at radius 1 is 1.50 bits per heavy atom. The molecule has 2 rings (SSSR count). The fourth-order valence-corrected chi connectivity index (χ4v) is 1.84. The lowest BCUT2D eigenvalue weighted by molar-refractivity contribution is 0.0995. The zero-order valence-corrected chi connectivity index (χ0v) is 9.31. The Kier molecular flexibility index (Phi) is 3.53. The van der Waals surface area contributed by atoms with Crippen LogP contribution in [0.5, 0.6) is 0 Å². The quantitative estimate of drug-likeness (QED) is 0.515. The van der Waals surface area contributed by atoms with Crippen molar-refractivity contribution in [1.82, 2.24) is 9.97 Å². The van der Waals surface area contributed by atoms with Crippen molar-refractivity contribution in [2.24, 2.45) is 5.84 Å². The molecule has 1 aliphatic rings. The normalized spacial score (nSPS) is 21.8. The average molecular weight is 223 g/mol. The van der Waals surface area contributed by atoms with Gasteiger partial charge in [0.1, 0.15) is 18.0 Å². The van der Waals surface area contributed by atoms with Crippen molar-refractivity contribution >= 4 is 11.6 Å². The molecular formula is C10H17N5O. The minimum absolute atomic E-state index is 0.239. The summed E-state index contributed by atoms with van der Waals surface area (Å²) in [5.74, 6) is 6.63. The third kappa shape index (κ3) is 2.59. The summed E-state index contributed by atoms with van der Waals surface area (Å²) in [6.45, 7) is 2.95. The van der Waals surface area contributed by atoms with Crippen LogP contribution in [-0.4, -0.2) is 28.7 Å². The van der Waals surface area contributed by atoms with Gasteiger partial charge in [0.05, 0.1) is 12.1 Å². The number of nitrogens with zero attached hydrogens (tertiary/aromatic N) is 2. The van der Waals surface area contributed by atoms with Gasteiger partial charge in [-0.1, -0.05) is 0 Å². The summed E-state index contributed by atoms with van der Waals surface area (Å²) in [4.78, 5) is 8.07. The molecule has 6 heteroatoms. The van der Waals surface area contributed by atoms with E-state index in [1.807, 2.05) is 0 Å². The molecule has 4 N–H and O–H groups in total. The van der Waals surface area contributed by atoms with Gasteiger partial charge in [-0.05, 0) is 19.8 Å². The highest BCUT2D eigenvalue weighted by atomic mass is 16.5. The van der Waals surface area contributed by atoms with E-state index in [1.165, 1.54) is 6.33 Å². The third-order valence-corrected chi connectivity index (χ3v) is 2.71. The highest BCUT2D eigenvalue weighted by molar-refractivity contribution is 5.46. The highest BCUT2D eigenvalue weighted by Gasteiger charge is 2.22. The molecule has 16 heavy (non-hydrogen) atoms. The standard InChI is InChI=1S/C10H17N5O/c1-7(8-3-2-4-16-8)14-9-5-10(15-11)13-6-12-9/h5-8H,2-4,11H2,1H3,(H2,12,13,14,15). The maximum absolute atomic E-state index is 5.60. The molecule has 1 saturated heterocycles. The van der Waals surface area contributed by atoms with Crippen molar-refractivity contribution in [2.75, 3.05) is 17.3 Å². The molecule has 0 saturated carbocycles. The lowest BCUT2D eigenvalue weighted by Gasteiger charge is -2.20. The van der Waals surface area contributed by atoms with E-state index in [9.17, 15) is 0 Å². The Morgan fingerprint density at radius 2 is 2.31 bits per heavy atom. The van der Waals surface area contributed by atoms with Crippen LogP contribution in [0.3, 0.4) is 0 Å². The summed E-state index contributed by atoms with van der Waals surface area (Å²) >= 11 is 0. The summed E-state index contributed by atoms with van der Waals surface area (Å²) < 4.78 is 5.60. The minimum Gasteiger partial charge on any atom is -0.376 e. The zero-order valence-electron chi connectivity index (χ0n) is 9.31. The molecule has 0 amide bonds. The fraction of sp³-hybridized carbons (Fsp3) is 0.600. The number of anilines is 2.